The van der Waals surface area contributed by atoms with Crippen LogP contribution in [-0.4, -0.2) is 39.7 Å². The standard InChI is InChI=1S/C20H23N5O4/c1-13-7-6-8-17(25-20(26)24(3)22-23-25)16(13)12-29-18-10-9-15(11-19(18)27-4)14(2)21-28-5/h6-11H,12H2,1-5H3. The van der Waals surface area contributed by atoms with Gasteiger partial charge in [0.1, 0.15) is 13.7 Å². The molecule has 0 spiro atoms. The van der Waals surface area contributed by atoms with Gasteiger partial charge in [0.25, 0.3) is 0 Å². The van der Waals surface area contributed by atoms with Crippen LogP contribution in [0.15, 0.2) is 46.3 Å². The number of hydrogen-bond donors (Lipinski definition) is 0. The molecule has 9 heteroatoms. The first-order valence-electron chi connectivity index (χ1n) is 8.93. The minimum atomic E-state index is -0.327. The van der Waals surface area contributed by atoms with Crippen LogP contribution < -0.4 is 15.2 Å². The number of benzene rings is 2. The molecule has 0 saturated heterocycles. The lowest BCUT2D eigenvalue weighted by Crippen LogP contribution is -2.23. The van der Waals surface area contributed by atoms with E-state index in [1.807, 2.05) is 50.2 Å². The lowest BCUT2D eigenvalue weighted by Gasteiger charge is -2.15. The molecule has 3 rings (SSSR count). The van der Waals surface area contributed by atoms with Crippen molar-refractivity contribution in [2.75, 3.05) is 14.2 Å². The second-order valence-corrected chi connectivity index (χ2v) is 6.38. The van der Waals surface area contributed by atoms with Crippen molar-refractivity contribution < 1.29 is 14.3 Å². The van der Waals surface area contributed by atoms with Crippen molar-refractivity contribution in [3.63, 3.8) is 0 Å². The molecule has 0 amide bonds. The van der Waals surface area contributed by atoms with Gasteiger partial charge in [0.05, 0.1) is 18.5 Å². The fourth-order valence-electron chi connectivity index (χ4n) is 2.89. The van der Waals surface area contributed by atoms with Crippen LogP contribution in [0.2, 0.25) is 0 Å². The summed E-state index contributed by atoms with van der Waals surface area (Å²) in [5.74, 6) is 1.14. The van der Waals surface area contributed by atoms with E-state index in [1.54, 1.807) is 14.2 Å². The van der Waals surface area contributed by atoms with E-state index in [2.05, 4.69) is 15.6 Å². The molecule has 0 aliphatic carbocycles. The first-order valence-corrected chi connectivity index (χ1v) is 8.93. The number of oxime groups is 1. The van der Waals surface area contributed by atoms with E-state index in [9.17, 15) is 4.79 Å². The number of hydrogen-bond acceptors (Lipinski definition) is 7. The van der Waals surface area contributed by atoms with Gasteiger partial charge in [-0.2, -0.15) is 9.36 Å². The lowest BCUT2D eigenvalue weighted by molar-refractivity contribution is 0.213. The van der Waals surface area contributed by atoms with Gasteiger partial charge in [-0.3, -0.25) is 0 Å². The Morgan fingerprint density at radius 1 is 1.14 bits per heavy atom. The molecule has 1 aromatic heterocycles. The Kier molecular flexibility index (Phi) is 5.96. The van der Waals surface area contributed by atoms with Crippen molar-refractivity contribution in [1.29, 1.82) is 0 Å². The fourth-order valence-corrected chi connectivity index (χ4v) is 2.89. The molecule has 0 aliphatic heterocycles. The van der Waals surface area contributed by atoms with Gasteiger partial charge >= 0.3 is 5.69 Å². The highest BCUT2D eigenvalue weighted by molar-refractivity contribution is 5.98. The zero-order valence-corrected chi connectivity index (χ0v) is 17.0. The Morgan fingerprint density at radius 3 is 2.59 bits per heavy atom. The van der Waals surface area contributed by atoms with E-state index >= 15 is 0 Å². The molecule has 2 aromatic carbocycles. The molecule has 0 radical (unpaired) electrons. The third-order valence-corrected chi connectivity index (χ3v) is 4.52. The maximum Gasteiger partial charge on any atom is 0.368 e. The summed E-state index contributed by atoms with van der Waals surface area (Å²) in [6.07, 6.45) is 0. The van der Waals surface area contributed by atoms with Crippen molar-refractivity contribution in [3.05, 3.63) is 63.6 Å². The van der Waals surface area contributed by atoms with E-state index in [0.29, 0.717) is 17.2 Å². The highest BCUT2D eigenvalue weighted by atomic mass is 16.6. The van der Waals surface area contributed by atoms with Crippen LogP contribution in [0, 0.1) is 6.92 Å². The Balaban J connectivity index is 1.92. The average molecular weight is 397 g/mol. The molecule has 0 saturated carbocycles. The molecule has 9 nitrogen and oxygen atoms in total. The zero-order valence-electron chi connectivity index (χ0n) is 17.0. The SMILES string of the molecule is CON=C(C)c1ccc(OCc2c(C)cccc2-n2nnn(C)c2=O)c(OC)c1. The van der Waals surface area contributed by atoms with Crippen LogP contribution in [0.5, 0.6) is 11.5 Å². The maximum absolute atomic E-state index is 12.3. The van der Waals surface area contributed by atoms with Gasteiger partial charge in [-0.05, 0) is 54.1 Å². The summed E-state index contributed by atoms with van der Waals surface area (Å²) in [4.78, 5) is 17.1. The van der Waals surface area contributed by atoms with Gasteiger partial charge in [0.2, 0.25) is 0 Å². The molecule has 0 fully saturated rings. The molecule has 0 aliphatic rings. The maximum atomic E-state index is 12.3. The molecule has 152 valence electrons. The molecular formula is C20H23N5O4. The quantitative estimate of drug-likeness (QED) is 0.448. The van der Waals surface area contributed by atoms with Crippen molar-refractivity contribution >= 4 is 5.71 Å². The smallest absolute Gasteiger partial charge is 0.368 e. The van der Waals surface area contributed by atoms with Crippen LogP contribution in [0.4, 0.5) is 0 Å². The van der Waals surface area contributed by atoms with Crippen LogP contribution >= 0.6 is 0 Å². The second-order valence-electron chi connectivity index (χ2n) is 6.38. The number of aryl methyl sites for hydroxylation is 2. The molecule has 3 aromatic rings. The van der Waals surface area contributed by atoms with E-state index in [4.69, 9.17) is 14.3 Å². The summed E-state index contributed by atoms with van der Waals surface area (Å²) in [6, 6.07) is 11.2. The molecule has 29 heavy (non-hydrogen) atoms. The lowest BCUT2D eigenvalue weighted by atomic mass is 10.1. The van der Waals surface area contributed by atoms with E-state index < -0.39 is 0 Å². The first kappa shape index (κ1) is 20.1. The van der Waals surface area contributed by atoms with E-state index in [0.717, 1.165) is 22.4 Å². The zero-order chi connectivity index (χ0) is 21.0. The molecular weight excluding hydrogens is 374 g/mol. The summed E-state index contributed by atoms with van der Waals surface area (Å²) in [5.41, 5.74) is 3.69. The number of methoxy groups -OCH3 is 1. The van der Waals surface area contributed by atoms with Gasteiger partial charge < -0.3 is 14.3 Å². The Hall–Kier alpha value is -3.62. The number of tetrazole rings is 1. The first-order chi connectivity index (χ1) is 14.0. The molecule has 0 bridgehead atoms. The summed E-state index contributed by atoms with van der Waals surface area (Å²) in [6.45, 7) is 4.03. The topological polar surface area (TPSA) is 92.8 Å². The highest BCUT2D eigenvalue weighted by Crippen LogP contribution is 2.30. The largest absolute Gasteiger partial charge is 0.493 e. The summed E-state index contributed by atoms with van der Waals surface area (Å²) >= 11 is 0. The number of rotatable bonds is 7. The minimum absolute atomic E-state index is 0.228. The monoisotopic (exact) mass is 397 g/mol. The summed E-state index contributed by atoms with van der Waals surface area (Å²) < 4.78 is 13.9. The summed E-state index contributed by atoms with van der Waals surface area (Å²) in [5, 5.41) is 11.7. The number of nitrogens with zero attached hydrogens (tertiary/aromatic N) is 5. The van der Waals surface area contributed by atoms with E-state index in [1.165, 1.54) is 16.5 Å². The predicted molar refractivity (Wildman–Crippen MR) is 108 cm³/mol. The Labute approximate surface area is 168 Å². The van der Waals surface area contributed by atoms with Crippen LogP contribution in [0.25, 0.3) is 5.69 Å². The van der Waals surface area contributed by atoms with Crippen molar-refractivity contribution in [3.8, 4) is 17.2 Å². The van der Waals surface area contributed by atoms with Gasteiger partial charge in [-0.15, -0.1) is 0 Å². The number of ether oxygens (including phenoxy) is 2. The van der Waals surface area contributed by atoms with Crippen molar-refractivity contribution in [2.24, 2.45) is 12.2 Å². The summed E-state index contributed by atoms with van der Waals surface area (Å²) in [7, 11) is 4.63. The fraction of sp³-hybridized carbons (Fsp3) is 0.300. The second kappa shape index (κ2) is 8.59. The predicted octanol–water partition coefficient (Wildman–Crippen LogP) is 2.23. The van der Waals surface area contributed by atoms with Crippen molar-refractivity contribution in [2.45, 2.75) is 20.5 Å². The van der Waals surface area contributed by atoms with Crippen LogP contribution in [-0.2, 0) is 18.5 Å². The van der Waals surface area contributed by atoms with Gasteiger partial charge in [0.15, 0.2) is 11.5 Å². The highest BCUT2D eigenvalue weighted by Gasteiger charge is 2.15. The number of aromatic nitrogens is 4. The van der Waals surface area contributed by atoms with E-state index in [-0.39, 0.29) is 12.3 Å². The average Bonchev–Trinajstić information content (AvgIpc) is 3.05. The van der Waals surface area contributed by atoms with Crippen molar-refractivity contribution in [1.82, 2.24) is 19.8 Å². The Morgan fingerprint density at radius 2 is 1.93 bits per heavy atom. The third kappa shape index (κ3) is 4.13. The van der Waals surface area contributed by atoms with Crippen LogP contribution in [0.1, 0.15) is 23.6 Å². The van der Waals surface area contributed by atoms with Crippen LogP contribution in [0.3, 0.4) is 0 Å². The molecule has 0 unspecified atom stereocenters. The molecule has 0 N–H and O–H groups in total. The molecule has 0 atom stereocenters. The van der Waals surface area contributed by atoms with Gasteiger partial charge in [0, 0.05) is 18.2 Å². The van der Waals surface area contributed by atoms with Gasteiger partial charge in [-0.1, -0.05) is 17.3 Å². The molecule has 1 heterocycles. The van der Waals surface area contributed by atoms with Gasteiger partial charge in [-0.25, -0.2) is 4.79 Å². The third-order valence-electron chi connectivity index (χ3n) is 4.52. The Bertz CT molecular complexity index is 1100. The minimum Gasteiger partial charge on any atom is -0.493 e. The normalized spacial score (nSPS) is 11.4.